The van der Waals surface area contributed by atoms with Crippen molar-refractivity contribution in [3.8, 4) is 0 Å². The number of aromatic nitrogens is 4. The van der Waals surface area contributed by atoms with Gasteiger partial charge in [-0.05, 0) is 18.6 Å². The van der Waals surface area contributed by atoms with Gasteiger partial charge in [-0.1, -0.05) is 41.3 Å². The van der Waals surface area contributed by atoms with Crippen LogP contribution in [-0.2, 0) is 0 Å². The van der Waals surface area contributed by atoms with Crippen LogP contribution in [0.25, 0.3) is 11.2 Å². The number of thioether (sulfide) groups is 1. The van der Waals surface area contributed by atoms with Crippen LogP contribution < -0.4 is 5.73 Å². The number of aliphatic hydroxyl groups excluding tert-OH is 3. The van der Waals surface area contributed by atoms with Crippen molar-refractivity contribution in [2.75, 3.05) is 18.6 Å². The number of halogens is 1. The lowest BCUT2D eigenvalue weighted by molar-refractivity contribution is 0.0129. The molecule has 3 rings (SSSR count). The van der Waals surface area contributed by atoms with E-state index < -0.39 is 21.7 Å². The molecule has 2 heterocycles. The van der Waals surface area contributed by atoms with Gasteiger partial charge >= 0.3 is 0 Å². The summed E-state index contributed by atoms with van der Waals surface area (Å²) in [6.45, 7) is 1.90. The zero-order valence-electron chi connectivity index (χ0n) is 13.3. The van der Waals surface area contributed by atoms with E-state index in [0.717, 1.165) is 0 Å². The molecule has 1 aliphatic rings. The van der Waals surface area contributed by atoms with Gasteiger partial charge in [0.15, 0.2) is 16.6 Å². The number of hydrogen-bond donors (Lipinski definition) is 4. The highest BCUT2D eigenvalue weighted by Crippen LogP contribution is 2.51. The first kappa shape index (κ1) is 18.1. The fourth-order valence-corrected chi connectivity index (χ4v) is 4.84. The van der Waals surface area contributed by atoms with E-state index in [1.54, 1.807) is 10.9 Å². The van der Waals surface area contributed by atoms with Crippen LogP contribution in [0.4, 0.5) is 5.82 Å². The minimum Gasteiger partial charge on any atom is -0.396 e. The molecule has 0 bridgehead atoms. The summed E-state index contributed by atoms with van der Waals surface area (Å²) in [6.07, 6.45) is 1.88. The van der Waals surface area contributed by atoms with E-state index in [1.807, 2.05) is 13.2 Å². The Morgan fingerprint density at radius 1 is 1.42 bits per heavy atom. The zero-order chi connectivity index (χ0) is 17.6. The highest BCUT2D eigenvalue weighted by Gasteiger charge is 2.57. The number of anilines is 1. The van der Waals surface area contributed by atoms with Gasteiger partial charge in [-0.15, -0.1) is 0 Å². The van der Waals surface area contributed by atoms with Crippen molar-refractivity contribution in [3.05, 3.63) is 6.33 Å². The molecule has 10 heteroatoms. The van der Waals surface area contributed by atoms with Crippen molar-refractivity contribution in [1.82, 2.24) is 19.5 Å². The predicted octanol–water partition coefficient (Wildman–Crippen LogP) is 0.599. The molecule has 1 unspecified atom stereocenters. The summed E-state index contributed by atoms with van der Waals surface area (Å²) in [5.74, 6) is 0.182. The molecule has 24 heavy (non-hydrogen) atoms. The van der Waals surface area contributed by atoms with Gasteiger partial charge in [0.05, 0.1) is 21.9 Å². The molecule has 1 fully saturated rings. The Kier molecular flexibility index (Phi) is 4.95. The van der Waals surface area contributed by atoms with Gasteiger partial charge in [-0.3, -0.25) is 0 Å². The molecule has 0 amide bonds. The number of nitrogen functional groups attached to an aromatic ring is 1. The fourth-order valence-electron chi connectivity index (χ4n) is 3.50. The molecular weight excluding hydrogens is 445 g/mol. The fraction of sp³-hybridized carbons (Fsp3) is 0.643. The summed E-state index contributed by atoms with van der Waals surface area (Å²) in [7, 11) is 0. The topological polar surface area (TPSA) is 130 Å². The van der Waals surface area contributed by atoms with Crippen LogP contribution in [0.2, 0.25) is 0 Å². The van der Waals surface area contributed by atoms with E-state index in [0.29, 0.717) is 28.6 Å². The Morgan fingerprint density at radius 2 is 2.12 bits per heavy atom. The number of fused-ring (bicyclic) bond motifs is 1. The standard InChI is InChI=1S/C14H20IN5O3S/c1-6-8(9(22)10(23)14(6,15)3-4-21)20-5-17-7-11(16)18-13(24-2)19-12(7)20/h5-6,8-10,21-23H,3-4H2,1-2H3,(H2,16,18,19)/t6-,8?,9+,10+,14-/m1/s1. The Hall–Kier alpha value is -0.690. The van der Waals surface area contributed by atoms with Crippen LogP contribution in [0.1, 0.15) is 19.4 Å². The van der Waals surface area contributed by atoms with E-state index in [-0.39, 0.29) is 12.5 Å². The summed E-state index contributed by atoms with van der Waals surface area (Å²) in [6, 6.07) is -0.419. The van der Waals surface area contributed by atoms with Crippen molar-refractivity contribution < 1.29 is 15.3 Å². The van der Waals surface area contributed by atoms with Crippen molar-refractivity contribution in [2.45, 2.75) is 40.2 Å². The highest BCUT2D eigenvalue weighted by atomic mass is 127. The second-order valence-electron chi connectivity index (χ2n) is 6.03. The third kappa shape index (κ3) is 2.59. The van der Waals surface area contributed by atoms with E-state index in [2.05, 4.69) is 37.5 Å². The molecule has 1 aliphatic carbocycles. The molecule has 0 aromatic carbocycles. The van der Waals surface area contributed by atoms with Gasteiger partial charge in [-0.25, -0.2) is 15.0 Å². The largest absolute Gasteiger partial charge is 0.396 e. The maximum absolute atomic E-state index is 10.7. The Balaban J connectivity index is 2.12. The lowest BCUT2D eigenvalue weighted by Crippen LogP contribution is -2.40. The minimum absolute atomic E-state index is 0.0554. The average Bonchev–Trinajstić information content (AvgIpc) is 3.03. The van der Waals surface area contributed by atoms with Crippen LogP contribution in [0.3, 0.4) is 0 Å². The summed E-state index contributed by atoms with van der Waals surface area (Å²) in [4.78, 5) is 12.9. The third-order valence-electron chi connectivity index (χ3n) is 4.86. The summed E-state index contributed by atoms with van der Waals surface area (Å²) >= 11 is 3.52. The monoisotopic (exact) mass is 465 g/mol. The molecule has 132 valence electrons. The smallest absolute Gasteiger partial charge is 0.191 e. The highest BCUT2D eigenvalue weighted by molar-refractivity contribution is 14.1. The number of nitrogens with zero attached hydrogens (tertiary/aromatic N) is 4. The van der Waals surface area contributed by atoms with Crippen molar-refractivity contribution in [3.63, 3.8) is 0 Å². The zero-order valence-corrected chi connectivity index (χ0v) is 16.3. The molecule has 8 nitrogen and oxygen atoms in total. The Morgan fingerprint density at radius 3 is 2.75 bits per heavy atom. The van der Waals surface area contributed by atoms with E-state index >= 15 is 0 Å². The molecule has 5 atom stereocenters. The van der Waals surface area contributed by atoms with Crippen molar-refractivity contribution in [1.29, 1.82) is 0 Å². The number of aliphatic hydroxyl groups is 3. The first-order chi connectivity index (χ1) is 11.3. The second kappa shape index (κ2) is 6.56. The van der Waals surface area contributed by atoms with Gasteiger partial charge in [0.25, 0.3) is 0 Å². The second-order valence-corrected chi connectivity index (χ2v) is 8.82. The van der Waals surface area contributed by atoms with Gasteiger partial charge < -0.3 is 25.6 Å². The number of nitrogens with two attached hydrogens (primary N) is 1. The number of rotatable bonds is 4. The van der Waals surface area contributed by atoms with Crippen LogP contribution in [0.5, 0.6) is 0 Å². The molecule has 2 aromatic heterocycles. The molecule has 0 radical (unpaired) electrons. The number of alkyl halides is 1. The summed E-state index contributed by atoms with van der Waals surface area (Å²) in [5.41, 5.74) is 6.98. The first-order valence-electron chi connectivity index (χ1n) is 7.55. The van der Waals surface area contributed by atoms with Crippen molar-refractivity contribution in [2.24, 2.45) is 5.92 Å². The average molecular weight is 465 g/mol. The van der Waals surface area contributed by atoms with Crippen LogP contribution in [0.15, 0.2) is 11.5 Å². The maximum atomic E-state index is 10.7. The molecule has 0 aliphatic heterocycles. The third-order valence-corrected chi connectivity index (χ3v) is 7.57. The minimum atomic E-state index is -0.991. The van der Waals surface area contributed by atoms with Gasteiger partial charge in [0, 0.05) is 6.61 Å². The van der Waals surface area contributed by atoms with Gasteiger partial charge in [0.1, 0.15) is 11.6 Å². The molecule has 5 N–H and O–H groups in total. The quantitative estimate of drug-likeness (QED) is 0.224. The first-order valence-corrected chi connectivity index (χ1v) is 9.85. The molecule has 0 spiro atoms. The van der Waals surface area contributed by atoms with Gasteiger partial charge in [0.2, 0.25) is 0 Å². The molecule has 1 saturated carbocycles. The summed E-state index contributed by atoms with van der Waals surface area (Å²) < 4.78 is 1.14. The van der Waals surface area contributed by atoms with Crippen LogP contribution >= 0.6 is 34.4 Å². The predicted molar refractivity (Wildman–Crippen MR) is 100 cm³/mol. The lowest BCUT2D eigenvalue weighted by Gasteiger charge is -2.30. The van der Waals surface area contributed by atoms with Crippen LogP contribution in [-0.4, -0.2) is 63.3 Å². The van der Waals surface area contributed by atoms with E-state index in [1.165, 1.54) is 11.8 Å². The molecule has 0 saturated heterocycles. The van der Waals surface area contributed by atoms with Crippen molar-refractivity contribution >= 4 is 51.3 Å². The SMILES string of the molecule is CSc1nc(N)c2ncn(C3[C@@H](C)[C@](I)(CCO)[C@@H](O)[C@H]3O)c2n1. The maximum Gasteiger partial charge on any atom is 0.191 e. The normalized spacial score (nSPS) is 33.4. The van der Waals surface area contributed by atoms with E-state index in [4.69, 9.17) is 5.73 Å². The molecular formula is C14H20IN5O3S. The Bertz CT molecular complexity index is 759. The van der Waals surface area contributed by atoms with Gasteiger partial charge in [-0.2, -0.15) is 0 Å². The van der Waals surface area contributed by atoms with E-state index in [9.17, 15) is 15.3 Å². The molecule has 2 aromatic rings. The number of imidazole rings is 1. The number of hydrogen-bond acceptors (Lipinski definition) is 8. The van der Waals surface area contributed by atoms with Crippen LogP contribution in [0, 0.1) is 5.92 Å². The Labute approximate surface area is 157 Å². The summed E-state index contributed by atoms with van der Waals surface area (Å²) in [5, 5.41) is 31.1. The lowest BCUT2D eigenvalue weighted by atomic mass is 9.91.